The average molecular weight is 406 g/mol. The molecule has 0 saturated carbocycles. The Morgan fingerprint density at radius 1 is 1.14 bits per heavy atom. The Bertz CT molecular complexity index is 1100. The third-order valence-corrected chi connectivity index (χ3v) is 4.91. The smallest absolute Gasteiger partial charge is 0.247 e. The Kier molecular flexibility index (Phi) is 5.44. The van der Waals surface area contributed by atoms with Crippen molar-refractivity contribution >= 4 is 23.2 Å². The van der Waals surface area contributed by atoms with Gasteiger partial charge in [0.2, 0.25) is 5.91 Å². The number of hydrogen-bond donors (Lipinski definition) is 1. The van der Waals surface area contributed by atoms with E-state index in [0.717, 1.165) is 17.0 Å². The first-order chi connectivity index (χ1) is 14.1. The molecule has 4 aromatic rings. The molecule has 29 heavy (non-hydrogen) atoms. The number of halogens is 1. The molecule has 7 heteroatoms. The summed E-state index contributed by atoms with van der Waals surface area (Å²) in [4.78, 5) is 17.2. The van der Waals surface area contributed by atoms with E-state index in [4.69, 9.17) is 11.6 Å². The van der Waals surface area contributed by atoms with Crippen molar-refractivity contribution in [3.05, 3.63) is 90.0 Å². The van der Waals surface area contributed by atoms with E-state index < -0.39 is 6.04 Å². The van der Waals surface area contributed by atoms with E-state index in [1.807, 2.05) is 78.5 Å². The summed E-state index contributed by atoms with van der Waals surface area (Å²) in [6, 6.07) is 17.0. The van der Waals surface area contributed by atoms with Crippen LogP contribution in [0.2, 0.25) is 5.02 Å². The SMILES string of the molecule is C[C@@H](C(=O)Nc1cnn(Cc2ccc(Cl)cc2)c1)n1ccnc1-c1ccccc1. The van der Waals surface area contributed by atoms with Gasteiger partial charge in [0.05, 0.1) is 18.4 Å². The highest BCUT2D eigenvalue weighted by atomic mass is 35.5. The fourth-order valence-electron chi connectivity index (χ4n) is 3.10. The number of anilines is 1. The monoisotopic (exact) mass is 405 g/mol. The average Bonchev–Trinajstić information content (AvgIpc) is 3.39. The van der Waals surface area contributed by atoms with Gasteiger partial charge >= 0.3 is 0 Å². The number of rotatable bonds is 6. The summed E-state index contributed by atoms with van der Waals surface area (Å²) in [7, 11) is 0. The van der Waals surface area contributed by atoms with Crippen LogP contribution in [0.15, 0.2) is 79.4 Å². The van der Waals surface area contributed by atoms with Crippen LogP contribution < -0.4 is 5.32 Å². The summed E-state index contributed by atoms with van der Waals surface area (Å²) in [6.07, 6.45) is 6.98. The van der Waals surface area contributed by atoms with Crippen LogP contribution in [0.5, 0.6) is 0 Å². The molecule has 4 rings (SSSR count). The van der Waals surface area contributed by atoms with Gasteiger partial charge in [-0.25, -0.2) is 4.98 Å². The molecule has 0 saturated heterocycles. The Balaban J connectivity index is 1.44. The Labute approximate surface area is 173 Å². The molecule has 1 N–H and O–H groups in total. The fraction of sp³-hybridized carbons (Fsp3) is 0.136. The van der Waals surface area contributed by atoms with Crippen molar-refractivity contribution in [3.63, 3.8) is 0 Å². The number of aromatic nitrogens is 4. The molecule has 2 heterocycles. The van der Waals surface area contributed by atoms with Gasteiger partial charge in [0, 0.05) is 29.2 Å². The quantitative estimate of drug-likeness (QED) is 0.508. The van der Waals surface area contributed by atoms with Crippen LogP contribution >= 0.6 is 11.6 Å². The molecular weight excluding hydrogens is 386 g/mol. The summed E-state index contributed by atoms with van der Waals surface area (Å²) in [5.41, 5.74) is 2.69. The molecule has 0 fully saturated rings. The van der Waals surface area contributed by atoms with Crippen LogP contribution in [0.3, 0.4) is 0 Å². The second-order valence-electron chi connectivity index (χ2n) is 6.74. The summed E-state index contributed by atoms with van der Waals surface area (Å²) in [6.45, 7) is 2.45. The van der Waals surface area contributed by atoms with E-state index in [1.54, 1.807) is 17.1 Å². The lowest BCUT2D eigenvalue weighted by Gasteiger charge is -2.15. The van der Waals surface area contributed by atoms with Crippen LogP contribution in [-0.2, 0) is 11.3 Å². The van der Waals surface area contributed by atoms with Gasteiger partial charge < -0.3 is 9.88 Å². The lowest BCUT2D eigenvalue weighted by atomic mass is 10.2. The molecule has 0 bridgehead atoms. The Hall–Kier alpha value is -3.38. The number of amides is 1. The van der Waals surface area contributed by atoms with Gasteiger partial charge in [-0.05, 0) is 24.6 Å². The maximum atomic E-state index is 12.8. The lowest BCUT2D eigenvalue weighted by Crippen LogP contribution is -2.23. The van der Waals surface area contributed by atoms with Crippen LogP contribution in [0, 0.1) is 0 Å². The second kappa shape index (κ2) is 8.32. The van der Waals surface area contributed by atoms with E-state index in [0.29, 0.717) is 17.3 Å². The van der Waals surface area contributed by atoms with Gasteiger partial charge in [-0.15, -0.1) is 0 Å². The first-order valence-corrected chi connectivity index (χ1v) is 9.64. The molecule has 146 valence electrons. The van der Waals surface area contributed by atoms with Crippen molar-refractivity contribution in [3.8, 4) is 11.4 Å². The molecule has 6 nitrogen and oxygen atoms in total. The molecule has 0 aliphatic rings. The summed E-state index contributed by atoms with van der Waals surface area (Å²) in [5.74, 6) is 0.623. The summed E-state index contributed by atoms with van der Waals surface area (Å²) >= 11 is 5.92. The van der Waals surface area contributed by atoms with Crippen LogP contribution in [0.25, 0.3) is 11.4 Å². The number of benzene rings is 2. The normalized spacial score (nSPS) is 11.9. The topological polar surface area (TPSA) is 64.7 Å². The minimum atomic E-state index is -0.424. The van der Waals surface area contributed by atoms with Crippen LogP contribution in [0.1, 0.15) is 18.5 Å². The molecule has 1 amide bonds. The van der Waals surface area contributed by atoms with Gasteiger partial charge in [0.15, 0.2) is 0 Å². The van der Waals surface area contributed by atoms with Gasteiger partial charge in [-0.1, -0.05) is 54.1 Å². The number of hydrogen-bond acceptors (Lipinski definition) is 3. The van der Waals surface area contributed by atoms with Gasteiger partial charge in [0.1, 0.15) is 11.9 Å². The predicted octanol–water partition coefficient (Wildman–Crippen LogP) is 4.65. The highest BCUT2D eigenvalue weighted by molar-refractivity contribution is 6.30. The number of carbonyl (C=O) groups excluding carboxylic acids is 1. The van der Waals surface area contributed by atoms with Gasteiger partial charge in [-0.3, -0.25) is 9.48 Å². The van der Waals surface area contributed by atoms with Crippen molar-refractivity contribution in [1.82, 2.24) is 19.3 Å². The molecule has 0 spiro atoms. The molecule has 1 atom stereocenters. The third kappa shape index (κ3) is 4.38. The largest absolute Gasteiger partial charge is 0.322 e. The van der Waals surface area contributed by atoms with E-state index in [9.17, 15) is 4.79 Å². The number of nitrogens with zero attached hydrogens (tertiary/aromatic N) is 4. The maximum Gasteiger partial charge on any atom is 0.247 e. The van der Waals surface area contributed by atoms with Crippen molar-refractivity contribution in [2.24, 2.45) is 0 Å². The van der Waals surface area contributed by atoms with Crippen molar-refractivity contribution in [2.45, 2.75) is 19.5 Å². The first kappa shape index (κ1) is 19.0. The molecule has 0 aliphatic heterocycles. The third-order valence-electron chi connectivity index (χ3n) is 4.66. The highest BCUT2D eigenvalue weighted by Crippen LogP contribution is 2.22. The summed E-state index contributed by atoms with van der Waals surface area (Å²) < 4.78 is 3.64. The minimum Gasteiger partial charge on any atom is -0.322 e. The Morgan fingerprint density at radius 2 is 1.90 bits per heavy atom. The predicted molar refractivity (Wildman–Crippen MR) is 114 cm³/mol. The van der Waals surface area contributed by atoms with Gasteiger partial charge in [0.25, 0.3) is 0 Å². The second-order valence-corrected chi connectivity index (χ2v) is 7.18. The highest BCUT2D eigenvalue weighted by Gasteiger charge is 2.19. The molecule has 0 unspecified atom stereocenters. The van der Waals surface area contributed by atoms with Crippen LogP contribution in [0.4, 0.5) is 5.69 Å². The summed E-state index contributed by atoms with van der Waals surface area (Å²) in [5, 5.41) is 7.96. The molecular formula is C22H20ClN5O. The number of carbonyl (C=O) groups is 1. The molecule has 0 aliphatic carbocycles. The molecule has 0 radical (unpaired) electrons. The standard InChI is InChI=1S/C22H20ClN5O/c1-16(28-12-11-24-21(28)18-5-3-2-4-6-18)22(29)26-20-13-25-27(15-20)14-17-7-9-19(23)10-8-17/h2-13,15-16H,14H2,1H3,(H,26,29)/t16-/m0/s1. The van der Waals surface area contributed by atoms with Gasteiger partial charge in [-0.2, -0.15) is 5.10 Å². The number of imidazole rings is 1. The van der Waals surface area contributed by atoms with Crippen molar-refractivity contribution < 1.29 is 4.79 Å². The zero-order valence-corrected chi connectivity index (χ0v) is 16.6. The van der Waals surface area contributed by atoms with Crippen molar-refractivity contribution in [2.75, 3.05) is 5.32 Å². The fourth-order valence-corrected chi connectivity index (χ4v) is 3.23. The zero-order valence-electron chi connectivity index (χ0n) is 15.9. The zero-order chi connectivity index (χ0) is 20.2. The van der Waals surface area contributed by atoms with E-state index in [2.05, 4.69) is 15.4 Å². The van der Waals surface area contributed by atoms with E-state index in [1.165, 1.54) is 0 Å². The van der Waals surface area contributed by atoms with Crippen molar-refractivity contribution in [1.29, 1.82) is 0 Å². The molecule has 2 aromatic heterocycles. The first-order valence-electron chi connectivity index (χ1n) is 9.26. The van der Waals surface area contributed by atoms with Crippen LogP contribution in [-0.4, -0.2) is 25.2 Å². The Morgan fingerprint density at radius 3 is 2.66 bits per heavy atom. The maximum absolute atomic E-state index is 12.8. The van der Waals surface area contributed by atoms with E-state index in [-0.39, 0.29) is 5.91 Å². The van der Waals surface area contributed by atoms with E-state index >= 15 is 0 Å². The molecule has 2 aromatic carbocycles. The minimum absolute atomic E-state index is 0.133. The number of nitrogens with one attached hydrogen (secondary N) is 1. The lowest BCUT2D eigenvalue weighted by molar-refractivity contribution is -0.118.